The third-order valence-electron chi connectivity index (χ3n) is 5.20. The van der Waals surface area contributed by atoms with Crippen LogP contribution in [0.25, 0.3) is 0 Å². The minimum Gasteiger partial charge on any atom is -0.481 e. The molecule has 5 heteroatoms. The van der Waals surface area contributed by atoms with E-state index in [1.165, 1.54) is 19.3 Å². The van der Waals surface area contributed by atoms with Gasteiger partial charge in [0.2, 0.25) is 0 Å². The first-order valence-electron chi connectivity index (χ1n) is 8.51. The number of piperidine rings is 1. The number of carbonyl (C=O) groups excluding carboxylic acids is 1. The van der Waals surface area contributed by atoms with Crippen LogP contribution in [0.15, 0.2) is 0 Å². The summed E-state index contributed by atoms with van der Waals surface area (Å²) in [6, 6.07) is -0.0792. The third-order valence-corrected chi connectivity index (χ3v) is 5.20. The van der Waals surface area contributed by atoms with Crippen molar-refractivity contribution in [2.75, 3.05) is 19.6 Å². The van der Waals surface area contributed by atoms with Crippen LogP contribution >= 0.6 is 0 Å². The van der Waals surface area contributed by atoms with Gasteiger partial charge in [-0.2, -0.15) is 0 Å². The molecule has 22 heavy (non-hydrogen) atoms. The summed E-state index contributed by atoms with van der Waals surface area (Å²) in [5, 5.41) is 9.13. The summed E-state index contributed by atoms with van der Waals surface area (Å²) in [5.74, 6) is 0.0451. The standard InChI is InChI=1S/C17H30N2O3/c1-17(2,3)16(22)19(9-12-5-4-6-12)10-13(8-15(20)21)7-14(18)11-19/h12-14H,4-11,18H2,1-3H3/p+1. The van der Waals surface area contributed by atoms with Crippen molar-refractivity contribution >= 4 is 11.9 Å². The quantitative estimate of drug-likeness (QED) is 0.778. The summed E-state index contributed by atoms with van der Waals surface area (Å²) >= 11 is 0. The van der Waals surface area contributed by atoms with E-state index in [0.29, 0.717) is 29.9 Å². The van der Waals surface area contributed by atoms with Gasteiger partial charge in [0.1, 0.15) is 6.54 Å². The number of hydrogen-bond donors (Lipinski definition) is 2. The molecule has 0 aromatic heterocycles. The van der Waals surface area contributed by atoms with Crippen molar-refractivity contribution in [3.8, 4) is 0 Å². The number of rotatable bonds is 4. The Morgan fingerprint density at radius 2 is 1.82 bits per heavy atom. The molecule has 0 aromatic carbocycles. The fraction of sp³-hybridized carbons (Fsp3) is 0.882. The smallest absolute Gasteiger partial charge is 0.319 e. The molecule has 1 saturated carbocycles. The number of nitrogens with two attached hydrogens (primary N) is 1. The van der Waals surface area contributed by atoms with Crippen LogP contribution in [0.4, 0.5) is 0 Å². The van der Waals surface area contributed by atoms with Gasteiger partial charge in [0.25, 0.3) is 0 Å². The van der Waals surface area contributed by atoms with E-state index in [1.807, 2.05) is 20.8 Å². The maximum Gasteiger partial charge on any atom is 0.319 e. The average Bonchev–Trinajstić information content (AvgIpc) is 2.30. The number of aliphatic carboxylic acids is 1. The summed E-state index contributed by atoms with van der Waals surface area (Å²) in [6.45, 7) is 8.04. The molecule has 0 radical (unpaired) electrons. The second kappa shape index (κ2) is 6.28. The molecule has 5 nitrogen and oxygen atoms in total. The lowest BCUT2D eigenvalue weighted by Gasteiger charge is -2.49. The van der Waals surface area contributed by atoms with E-state index in [0.717, 1.165) is 6.54 Å². The minimum absolute atomic E-state index is 0.00706. The van der Waals surface area contributed by atoms with E-state index in [-0.39, 0.29) is 24.3 Å². The van der Waals surface area contributed by atoms with Gasteiger partial charge in [-0.05, 0) is 40.0 Å². The number of likely N-dealkylation sites (tertiary alicyclic amines) is 1. The van der Waals surface area contributed by atoms with Gasteiger partial charge in [0, 0.05) is 11.8 Å². The van der Waals surface area contributed by atoms with Gasteiger partial charge in [0.05, 0.1) is 31.0 Å². The van der Waals surface area contributed by atoms with Crippen LogP contribution in [0.3, 0.4) is 0 Å². The highest BCUT2D eigenvalue weighted by Gasteiger charge is 2.50. The van der Waals surface area contributed by atoms with Gasteiger partial charge >= 0.3 is 11.9 Å². The van der Waals surface area contributed by atoms with Gasteiger partial charge in [0.15, 0.2) is 0 Å². The Bertz CT molecular complexity index is 440. The maximum atomic E-state index is 13.2. The SMILES string of the molecule is CC(C)(C)C(=O)[N+]1(CC2CCC2)CC(N)CC(CC(=O)O)C1. The molecule has 2 fully saturated rings. The first-order chi connectivity index (χ1) is 10.1. The number of carboxylic acid groups (broad SMARTS) is 1. The van der Waals surface area contributed by atoms with E-state index in [2.05, 4.69) is 0 Å². The Balaban J connectivity index is 2.25. The van der Waals surface area contributed by atoms with Crippen molar-refractivity contribution in [3.05, 3.63) is 0 Å². The van der Waals surface area contributed by atoms with Gasteiger partial charge in [-0.15, -0.1) is 0 Å². The van der Waals surface area contributed by atoms with Gasteiger partial charge in [-0.25, -0.2) is 4.79 Å². The fourth-order valence-electron chi connectivity index (χ4n) is 4.27. The summed E-state index contributed by atoms with van der Waals surface area (Å²) in [5.41, 5.74) is 5.81. The highest BCUT2D eigenvalue weighted by molar-refractivity contribution is 5.75. The Hall–Kier alpha value is -0.940. The lowest BCUT2D eigenvalue weighted by Crippen LogP contribution is -2.67. The number of nitrogens with zero attached hydrogens (tertiary/aromatic N) is 1. The largest absolute Gasteiger partial charge is 0.481 e. The van der Waals surface area contributed by atoms with Crippen LogP contribution in [-0.4, -0.2) is 47.1 Å². The maximum absolute atomic E-state index is 13.2. The van der Waals surface area contributed by atoms with E-state index in [1.54, 1.807) is 0 Å². The summed E-state index contributed by atoms with van der Waals surface area (Å²) in [6.07, 6.45) is 4.47. The molecule has 0 spiro atoms. The molecular formula is C17H31N2O3+. The zero-order chi connectivity index (χ0) is 16.5. The van der Waals surface area contributed by atoms with Gasteiger partial charge < -0.3 is 10.8 Å². The average molecular weight is 311 g/mol. The van der Waals surface area contributed by atoms with Gasteiger partial charge in [-0.1, -0.05) is 6.42 Å². The third kappa shape index (κ3) is 3.87. The van der Waals surface area contributed by atoms with Crippen LogP contribution in [-0.2, 0) is 9.59 Å². The summed E-state index contributed by atoms with van der Waals surface area (Å²) < 4.78 is 0.396. The molecule has 0 aromatic rings. The van der Waals surface area contributed by atoms with E-state index < -0.39 is 11.4 Å². The summed E-state index contributed by atoms with van der Waals surface area (Å²) in [7, 11) is 0. The zero-order valence-electron chi connectivity index (χ0n) is 14.2. The molecular weight excluding hydrogens is 280 g/mol. The van der Waals surface area contributed by atoms with Gasteiger partial charge in [-0.3, -0.25) is 9.28 Å². The molecule has 1 saturated heterocycles. The number of carbonyl (C=O) groups is 2. The Morgan fingerprint density at radius 3 is 2.27 bits per heavy atom. The normalized spacial score (nSPS) is 33.3. The molecule has 2 aliphatic rings. The predicted octanol–water partition coefficient (Wildman–Crippen LogP) is 2.00. The molecule has 2 rings (SSSR count). The second-order valence-electron chi connectivity index (χ2n) is 8.50. The number of hydrogen-bond acceptors (Lipinski definition) is 3. The highest BCUT2D eigenvalue weighted by Crippen LogP contribution is 2.37. The molecule has 1 heterocycles. The highest BCUT2D eigenvalue weighted by atomic mass is 16.4. The van der Waals surface area contributed by atoms with Crippen LogP contribution in [0.2, 0.25) is 0 Å². The van der Waals surface area contributed by atoms with Crippen molar-refractivity contribution in [1.82, 2.24) is 0 Å². The summed E-state index contributed by atoms with van der Waals surface area (Å²) in [4.78, 5) is 24.3. The first kappa shape index (κ1) is 17.4. The number of carboxylic acids is 1. The molecule has 126 valence electrons. The second-order valence-corrected chi connectivity index (χ2v) is 8.50. The predicted molar refractivity (Wildman–Crippen MR) is 85.0 cm³/mol. The van der Waals surface area contributed by atoms with Crippen LogP contribution in [0, 0.1) is 17.3 Å². The number of amides is 1. The molecule has 1 aliphatic heterocycles. The van der Waals surface area contributed by atoms with Crippen molar-refractivity contribution in [1.29, 1.82) is 0 Å². The Morgan fingerprint density at radius 1 is 1.18 bits per heavy atom. The molecule has 3 atom stereocenters. The molecule has 1 aliphatic carbocycles. The fourth-order valence-corrected chi connectivity index (χ4v) is 4.27. The topological polar surface area (TPSA) is 80.4 Å². The molecule has 1 amide bonds. The van der Waals surface area contributed by atoms with Crippen molar-refractivity contribution in [3.63, 3.8) is 0 Å². The van der Waals surface area contributed by atoms with E-state index >= 15 is 0 Å². The number of quaternary nitrogens is 1. The van der Waals surface area contributed by atoms with E-state index in [4.69, 9.17) is 10.8 Å². The lowest BCUT2D eigenvalue weighted by atomic mass is 9.80. The van der Waals surface area contributed by atoms with Crippen LogP contribution < -0.4 is 5.73 Å². The zero-order valence-corrected chi connectivity index (χ0v) is 14.2. The minimum atomic E-state index is -0.788. The van der Waals surface area contributed by atoms with Crippen molar-refractivity contribution < 1.29 is 19.2 Å². The van der Waals surface area contributed by atoms with Crippen molar-refractivity contribution in [2.24, 2.45) is 23.0 Å². The first-order valence-corrected chi connectivity index (χ1v) is 8.51. The molecule has 0 bridgehead atoms. The Labute approximate surface area is 133 Å². The molecule has 3 unspecified atom stereocenters. The monoisotopic (exact) mass is 311 g/mol. The lowest BCUT2D eigenvalue weighted by molar-refractivity contribution is -0.871. The molecule has 3 N–H and O–H groups in total. The van der Waals surface area contributed by atoms with Crippen molar-refractivity contribution in [2.45, 2.75) is 58.9 Å². The van der Waals surface area contributed by atoms with E-state index in [9.17, 15) is 9.59 Å². The Kier molecular flexibility index (Phi) is 4.97. The van der Waals surface area contributed by atoms with Crippen LogP contribution in [0.1, 0.15) is 52.9 Å². The van der Waals surface area contributed by atoms with Crippen LogP contribution in [0.5, 0.6) is 0 Å².